The Labute approximate surface area is 281 Å². The van der Waals surface area contributed by atoms with Crippen molar-refractivity contribution in [2.75, 3.05) is 31.6 Å². The lowest BCUT2D eigenvalue weighted by molar-refractivity contribution is -0.166. The SMILES string of the molecule is CC(C)C(NC(=O)CCOCCN1C(=O)C=CC1=O)C(=O)NCC(=O)Nc1ccc(COC(=O)O)c(CCC2CC(O)CC(C(=O)O)O2)c1. The number of amides is 5. The Morgan fingerprint density at radius 3 is 2.37 bits per heavy atom. The van der Waals surface area contributed by atoms with Gasteiger partial charge in [-0.05, 0) is 48.4 Å². The van der Waals surface area contributed by atoms with Gasteiger partial charge >= 0.3 is 12.1 Å². The van der Waals surface area contributed by atoms with Crippen LogP contribution in [0.2, 0.25) is 0 Å². The van der Waals surface area contributed by atoms with Crippen molar-refractivity contribution in [2.45, 2.75) is 76.9 Å². The fourth-order valence-corrected chi connectivity index (χ4v) is 5.21. The number of imide groups is 1. The number of aryl methyl sites for hydroxylation is 1. The van der Waals surface area contributed by atoms with Gasteiger partial charge in [-0.25, -0.2) is 9.59 Å². The summed E-state index contributed by atoms with van der Waals surface area (Å²) in [7, 11) is 0. The highest BCUT2D eigenvalue weighted by atomic mass is 16.7. The number of hydrogen-bond acceptors (Lipinski definition) is 11. The minimum atomic E-state index is -1.48. The van der Waals surface area contributed by atoms with E-state index in [0.717, 1.165) is 17.1 Å². The van der Waals surface area contributed by atoms with Gasteiger partial charge in [0.05, 0.1) is 38.5 Å². The molecule has 2 aliphatic heterocycles. The molecule has 0 aromatic heterocycles. The van der Waals surface area contributed by atoms with Gasteiger partial charge in [0.1, 0.15) is 12.6 Å². The summed E-state index contributed by atoms with van der Waals surface area (Å²) in [4.78, 5) is 84.5. The Hall–Kier alpha value is -4.87. The van der Waals surface area contributed by atoms with Gasteiger partial charge in [-0.1, -0.05) is 19.9 Å². The second-order valence-corrected chi connectivity index (χ2v) is 11.9. The average Bonchev–Trinajstić information content (AvgIpc) is 3.36. The van der Waals surface area contributed by atoms with Crippen molar-refractivity contribution in [2.24, 2.45) is 5.92 Å². The largest absolute Gasteiger partial charge is 0.506 e. The van der Waals surface area contributed by atoms with Crippen molar-refractivity contribution in [3.05, 3.63) is 41.5 Å². The first-order valence-corrected chi connectivity index (χ1v) is 15.8. The molecule has 6 N–H and O–H groups in total. The zero-order valence-electron chi connectivity index (χ0n) is 27.2. The molecule has 1 fully saturated rings. The summed E-state index contributed by atoms with van der Waals surface area (Å²) in [5.41, 5.74) is 1.44. The second-order valence-electron chi connectivity index (χ2n) is 11.9. The lowest BCUT2D eigenvalue weighted by Crippen LogP contribution is -2.51. The molecule has 2 aliphatic rings. The van der Waals surface area contributed by atoms with Crippen molar-refractivity contribution < 1.29 is 63.1 Å². The highest BCUT2D eigenvalue weighted by Gasteiger charge is 2.32. The minimum Gasteiger partial charge on any atom is -0.479 e. The predicted octanol–water partition coefficient (Wildman–Crippen LogP) is 0.334. The Morgan fingerprint density at radius 1 is 1.00 bits per heavy atom. The monoisotopic (exact) mass is 690 g/mol. The summed E-state index contributed by atoms with van der Waals surface area (Å²) >= 11 is 0. The quantitative estimate of drug-likeness (QED) is 0.0692. The van der Waals surface area contributed by atoms with Crippen LogP contribution in [-0.4, -0.2) is 113 Å². The molecule has 3 rings (SSSR count). The maximum absolute atomic E-state index is 12.9. The van der Waals surface area contributed by atoms with Crippen LogP contribution in [0.3, 0.4) is 0 Å². The Kier molecular flexibility index (Phi) is 14.7. The summed E-state index contributed by atoms with van der Waals surface area (Å²) < 4.78 is 15.6. The minimum absolute atomic E-state index is 0.00792. The topological polar surface area (TPSA) is 247 Å². The molecule has 1 aromatic carbocycles. The van der Waals surface area contributed by atoms with E-state index in [2.05, 4.69) is 16.0 Å². The number of hydrogen-bond donors (Lipinski definition) is 6. The van der Waals surface area contributed by atoms with Crippen LogP contribution in [0.25, 0.3) is 0 Å². The van der Waals surface area contributed by atoms with E-state index in [1.165, 1.54) is 6.07 Å². The van der Waals surface area contributed by atoms with Crippen LogP contribution in [0.4, 0.5) is 10.5 Å². The van der Waals surface area contributed by atoms with E-state index in [9.17, 15) is 43.8 Å². The number of aliphatic hydroxyl groups is 1. The van der Waals surface area contributed by atoms with Gasteiger partial charge in [0, 0.05) is 30.7 Å². The molecule has 0 spiro atoms. The number of carbonyl (C=O) groups is 7. The van der Waals surface area contributed by atoms with Crippen LogP contribution in [-0.2, 0) is 56.0 Å². The van der Waals surface area contributed by atoms with Crippen molar-refractivity contribution >= 4 is 47.3 Å². The zero-order chi connectivity index (χ0) is 36.1. The fourth-order valence-electron chi connectivity index (χ4n) is 5.21. The lowest BCUT2D eigenvalue weighted by atomic mass is 9.94. The molecule has 1 aromatic rings. The average molecular weight is 691 g/mol. The summed E-state index contributed by atoms with van der Waals surface area (Å²) in [6, 6.07) is 3.75. The third-order valence-electron chi connectivity index (χ3n) is 7.75. The van der Waals surface area contributed by atoms with Gasteiger partial charge in [-0.2, -0.15) is 0 Å². The molecule has 49 heavy (non-hydrogen) atoms. The van der Waals surface area contributed by atoms with Crippen molar-refractivity contribution in [3.8, 4) is 0 Å². The van der Waals surface area contributed by atoms with Crippen molar-refractivity contribution in [3.63, 3.8) is 0 Å². The Bertz CT molecular complexity index is 1410. The van der Waals surface area contributed by atoms with E-state index in [4.69, 9.17) is 19.3 Å². The summed E-state index contributed by atoms with van der Waals surface area (Å²) in [6.07, 6.45) is -0.974. The maximum Gasteiger partial charge on any atom is 0.506 e. The van der Waals surface area contributed by atoms with E-state index in [1.807, 2.05) is 0 Å². The zero-order valence-corrected chi connectivity index (χ0v) is 27.2. The van der Waals surface area contributed by atoms with Gasteiger partial charge in [-0.15, -0.1) is 0 Å². The van der Waals surface area contributed by atoms with Crippen LogP contribution in [0.1, 0.15) is 50.7 Å². The molecule has 1 saturated heterocycles. The molecule has 17 nitrogen and oxygen atoms in total. The molecule has 268 valence electrons. The van der Waals surface area contributed by atoms with E-state index in [0.29, 0.717) is 29.7 Å². The number of carboxylic acid groups (broad SMARTS) is 2. The van der Waals surface area contributed by atoms with Crippen LogP contribution < -0.4 is 16.0 Å². The third-order valence-corrected chi connectivity index (χ3v) is 7.75. The fraction of sp³-hybridized carbons (Fsp3) is 0.531. The number of nitrogens with one attached hydrogen (secondary N) is 3. The molecular formula is C32H42N4O13. The molecule has 0 radical (unpaired) electrons. The highest BCUT2D eigenvalue weighted by molar-refractivity contribution is 6.12. The molecule has 0 aliphatic carbocycles. The number of carboxylic acids is 1. The summed E-state index contributed by atoms with van der Waals surface area (Å²) in [5.74, 6) is -4.00. The number of carbonyl (C=O) groups excluding carboxylic acids is 5. The molecule has 4 atom stereocenters. The number of benzene rings is 1. The van der Waals surface area contributed by atoms with Crippen molar-refractivity contribution in [1.29, 1.82) is 0 Å². The summed E-state index contributed by atoms with van der Waals surface area (Å²) in [5, 5.41) is 36.1. The van der Waals surface area contributed by atoms with Crippen LogP contribution in [0.15, 0.2) is 30.4 Å². The number of aliphatic hydroxyl groups excluding tert-OH is 1. The molecule has 2 heterocycles. The van der Waals surface area contributed by atoms with Crippen LogP contribution in [0.5, 0.6) is 0 Å². The van der Waals surface area contributed by atoms with Crippen molar-refractivity contribution in [1.82, 2.24) is 15.5 Å². The second kappa shape index (κ2) is 18.6. The number of nitrogens with zero attached hydrogens (tertiary/aromatic N) is 1. The Morgan fingerprint density at radius 2 is 1.71 bits per heavy atom. The maximum atomic E-state index is 12.9. The first-order chi connectivity index (χ1) is 23.2. The molecule has 5 amide bonds. The predicted molar refractivity (Wildman–Crippen MR) is 169 cm³/mol. The van der Waals surface area contributed by atoms with E-state index < -0.39 is 72.6 Å². The first-order valence-electron chi connectivity index (χ1n) is 15.8. The normalized spacial score (nSPS) is 19.4. The van der Waals surface area contributed by atoms with Gasteiger partial charge in [0.15, 0.2) is 6.10 Å². The van der Waals surface area contributed by atoms with E-state index >= 15 is 0 Å². The molecule has 17 heteroatoms. The Balaban J connectivity index is 1.49. The van der Waals surface area contributed by atoms with Gasteiger partial charge < -0.3 is 45.5 Å². The third kappa shape index (κ3) is 12.6. The standard InChI is InChI=1S/C32H42N4O13/c1-18(2)29(35-25(38)9-11-47-12-10-36-27(40)7-8-28(36)41)30(42)33-16-26(39)34-21-5-3-20(17-48-32(45)46)19(13-21)4-6-23-14-22(37)15-24(49-23)31(43)44/h3,5,7-8,13,18,22-24,29,37H,4,6,9-12,14-17H2,1-2H3,(H,33,42)(H,34,39)(H,35,38)(H,43,44)(H,45,46). The number of rotatable bonds is 18. The molecular weight excluding hydrogens is 648 g/mol. The number of aliphatic carboxylic acids is 1. The highest BCUT2D eigenvalue weighted by Crippen LogP contribution is 2.26. The molecule has 0 bridgehead atoms. The summed E-state index contributed by atoms with van der Waals surface area (Å²) in [6.45, 7) is 2.83. The van der Waals surface area contributed by atoms with Gasteiger partial charge in [0.2, 0.25) is 17.7 Å². The van der Waals surface area contributed by atoms with E-state index in [1.54, 1.807) is 26.0 Å². The van der Waals surface area contributed by atoms with E-state index in [-0.39, 0.29) is 51.5 Å². The molecule has 4 unspecified atom stereocenters. The number of ether oxygens (including phenoxy) is 3. The first kappa shape index (κ1) is 38.6. The van der Waals surface area contributed by atoms with Gasteiger partial charge in [-0.3, -0.25) is 28.9 Å². The lowest BCUT2D eigenvalue weighted by Gasteiger charge is -2.31. The number of anilines is 1. The van der Waals surface area contributed by atoms with Gasteiger partial charge in [0.25, 0.3) is 11.8 Å². The van der Waals surface area contributed by atoms with Crippen LogP contribution >= 0.6 is 0 Å². The smallest absolute Gasteiger partial charge is 0.479 e. The van der Waals surface area contributed by atoms with Crippen LogP contribution in [0, 0.1) is 5.92 Å². The molecule has 0 saturated carbocycles.